The summed E-state index contributed by atoms with van der Waals surface area (Å²) < 4.78 is 2.22. The number of hydrogen-bond donors (Lipinski definition) is 0. The number of aryl methyl sites for hydroxylation is 1. The summed E-state index contributed by atoms with van der Waals surface area (Å²) in [6, 6.07) is 8.26. The zero-order chi connectivity index (χ0) is 18.6. The summed E-state index contributed by atoms with van der Waals surface area (Å²) in [5.74, 6) is 2.23. The van der Waals surface area contributed by atoms with E-state index in [0.29, 0.717) is 11.7 Å². The van der Waals surface area contributed by atoms with Gasteiger partial charge in [-0.15, -0.1) is 10.2 Å². The molecular weight excluding hydrogens is 356 g/mol. The first-order valence-electron chi connectivity index (χ1n) is 10.2. The standard InChI is InChI=1S/C21H28N4OS/c1-2-24-20(17-10-4-3-5-11-17)22-23-21(24)27-15-19(26)25-14-8-12-16-9-6-7-13-18(16)25/h6-7,9,13,17H,2-5,8,10-12,14-15H2,1H3. The molecule has 2 heterocycles. The van der Waals surface area contributed by atoms with Crippen molar-refractivity contribution in [3.63, 3.8) is 0 Å². The molecule has 1 amide bonds. The molecule has 2 aliphatic rings. The lowest BCUT2D eigenvalue weighted by atomic mass is 9.89. The zero-order valence-corrected chi connectivity index (χ0v) is 16.9. The number of thioether (sulfide) groups is 1. The highest BCUT2D eigenvalue weighted by molar-refractivity contribution is 7.99. The zero-order valence-electron chi connectivity index (χ0n) is 16.1. The quantitative estimate of drug-likeness (QED) is 0.716. The molecule has 0 spiro atoms. The van der Waals surface area contributed by atoms with E-state index in [9.17, 15) is 4.79 Å². The number of amides is 1. The van der Waals surface area contributed by atoms with E-state index >= 15 is 0 Å². The van der Waals surface area contributed by atoms with Crippen LogP contribution in [0.15, 0.2) is 29.4 Å². The Morgan fingerprint density at radius 1 is 1.15 bits per heavy atom. The van der Waals surface area contributed by atoms with Gasteiger partial charge in [-0.3, -0.25) is 4.79 Å². The van der Waals surface area contributed by atoms with Gasteiger partial charge in [-0.25, -0.2) is 0 Å². The summed E-state index contributed by atoms with van der Waals surface area (Å²) in [5, 5.41) is 9.82. The minimum atomic E-state index is 0.164. The molecule has 0 atom stereocenters. The van der Waals surface area contributed by atoms with Gasteiger partial charge in [-0.2, -0.15) is 0 Å². The van der Waals surface area contributed by atoms with Crippen LogP contribution < -0.4 is 4.90 Å². The minimum absolute atomic E-state index is 0.164. The van der Waals surface area contributed by atoms with Crippen LogP contribution in [0.2, 0.25) is 0 Å². The van der Waals surface area contributed by atoms with E-state index in [1.54, 1.807) is 0 Å². The maximum absolute atomic E-state index is 12.9. The van der Waals surface area contributed by atoms with E-state index in [-0.39, 0.29) is 5.91 Å². The van der Waals surface area contributed by atoms with Crippen LogP contribution in [-0.4, -0.2) is 33.0 Å². The molecule has 2 aromatic rings. The summed E-state index contributed by atoms with van der Waals surface area (Å²) in [5.41, 5.74) is 2.35. The molecule has 1 aliphatic carbocycles. The number of nitrogens with zero attached hydrogens (tertiary/aromatic N) is 4. The molecule has 1 saturated carbocycles. The second kappa shape index (κ2) is 8.46. The van der Waals surface area contributed by atoms with Crippen LogP contribution in [0.25, 0.3) is 0 Å². The first-order valence-corrected chi connectivity index (χ1v) is 11.2. The topological polar surface area (TPSA) is 51.0 Å². The monoisotopic (exact) mass is 384 g/mol. The molecule has 1 aromatic heterocycles. The van der Waals surface area contributed by atoms with E-state index < -0.39 is 0 Å². The number of anilines is 1. The molecule has 1 aliphatic heterocycles. The summed E-state index contributed by atoms with van der Waals surface area (Å²) in [6.45, 7) is 3.81. The number of para-hydroxylation sites is 1. The molecule has 27 heavy (non-hydrogen) atoms. The maximum atomic E-state index is 12.9. The fraction of sp³-hybridized carbons (Fsp3) is 0.571. The van der Waals surface area contributed by atoms with Crippen molar-refractivity contribution in [3.8, 4) is 0 Å². The lowest BCUT2D eigenvalue weighted by Crippen LogP contribution is -2.36. The van der Waals surface area contributed by atoms with Gasteiger partial charge in [0.15, 0.2) is 5.16 Å². The molecule has 144 valence electrons. The molecule has 0 radical (unpaired) electrons. The van der Waals surface area contributed by atoms with Crippen LogP contribution in [-0.2, 0) is 17.8 Å². The SMILES string of the molecule is CCn1c(SCC(=O)N2CCCc3ccccc32)nnc1C1CCCCC1. The number of aromatic nitrogens is 3. The fourth-order valence-electron chi connectivity index (χ4n) is 4.36. The maximum Gasteiger partial charge on any atom is 0.237 e. The molecule has 0 bridgehead atoms. The van der Waals surface area contributed by atoms with Crippen molar-refractivity contribution in [3.05, 3.63) is 35.7 Å². The Morgan fingerprint density at radius 3 is 2.78 bits per heavy atom. The van der Waals surface area contributed by atoms with Crippen LogP contribution in [0.3, 0.4) is 0 Å². The van der Waals surface area contributed by atoms with Gasteiger partial charge < -0.3 is 9.47 Å². The van der Waals surface area contributed by atoms with Crippen molar-refractivity contribution < 1.29 is 4.79 Å². The molecule has 4 rings (SSSR count). The molecule has 0 saturated heterocycles. The number of fused-ring (bicyclic) bond motifs is 1. The molecular formula is C21H28N4OS. The molecule has 6 heteroatoms. The van der Waals surface area contributed by atoms with Gasteiger partial charge in [0.2, 0.25) is 5.91 Å². The smallest absolute Gasteiger partial charge is 0.237 e. The van der Waals surface area contributed by atoms with Gasteiger partial charge in [-0.05, 0) is 44.2 Å². The summed E-state index contributed by atoms with van der Waals surface area (Å²) in [6.07, 6.45) is 8.43. The molecule has 0 N–H and O–H groups in total. The number of hydrogen-bond acceptors (Lipinski definition) is 4. The van der Waals surface area contributed by atoms with Crippen molar-refractivity contribution in [2.24, 2.45) is 0 Å². The number of rotatable bonds is 5. The first kappa shape index (κ1) is 18.5. The van der Waals surface area contributed by atoms with E-state index in [4.69, 9.17) is 0 Å². The van der Waals surface area contributed by atoms with Gasteiger partial charge in [0.1, 0.15) is 5.82 Å². The van der Waals surface area contributed by atoms with Crippen LogP contribution in [0.1, 0.15) is 62.8 Å². The van der Waals surface area contributed by atoms with Crippen molar-refractivity contribution >= 4 is 23.4 Å². The Morgan fingerprint density at radius 2 is 1.96 bits per heavy atom. The third kappa shape index (κ3) is 3.91. The van der Waals surface area contributed by atoms with Crippen LogP contribution >= 0.6 is 11.8 Å². The van der Waals surface area contributed by atoms with Gasteiger partial charge >= 0.3 is 0 Å². The average molecular weight is 385 g/mol. The lowest BCUT2D eigenvalue weighted by Gasteiger charge is -2.29. The van der Waals surface area contributed by atoms with Gasteiger partial charge in [0.05, 0.1) is 5.75 Å². The third-order valence-electron chi connectivity index (χ3n) is 5.77. The largest absolute Gasteiger partial charge is 0.311 e. The van der Waals surface area contributed by atoms with Gasteiger partial charge in [-0.1, -0.05) is 49.2 Å². The van der Waals surface area contributed by atoms with E-state index in [1.165, 1.54) is 49.4 Å². The highest BCUT2D eigenvalue weighted by Gasteiger charge is 2.25. The Balaban J connectivity index is 1.45. The minimum Gasteiger partial charge on any atom is -0.311 e. The Labute approximate surface area is 165 Å². The second-order valence-corrected chi connectivity index (χ2v) is 8.43. The predicted molar refractivity (Wildman–Crippen MR) is 109 cm³/mol. The Bertz CT molecular complexity index is 797. The number of carbonyl (C=O) groups excluding carboxylic acids is 1. The van der Waals surface area contributed by atoms with Crippen molar-refractivity contribution in [2.75, 3.05) is 17.2 Å². The van der Waals surface area contributed by atoms with E-state index in [0.717, 1.165) is 42.6 Å². The van der Waals surface area contributed by atoms with Gasteiger partial charge in [0, 0.05) is 24.7 Å². The van der Waals surface area contributed by atoms with Crippen molar-refractivity contribution in [1.29, 1.82) is 0 Å². The summed E-state index contributed by atoms with van der Waals surface area (Å²) >= 11 is 1.53. The highest BCUT2D eigenvalue weighted by Crippen LogP contribution is 2.33. The van der Waals surface area contributed by atoms with E-state index in [1.807, 2.05) is 11.0 Å². The summed E-state index contributed by atoms with van der Waals surface area (Å²) in [4.78, 5) is 14.8. The fourth-order valence-corrected chi connectivity index (χ4v) is 5.25. The molecule has 5 nitrogen and oxygen atoms in total. The normalized spacial score (nSPS) is 17.7. The van der Waals surface area contributed by atoms with Gasteiger partial charge in [0.25, 0.3) is 0 Å². The van der Waals surface area contributed by atoms with Crippen molar-refractivity contribution in [2.45, 2.75) is 69.5 Å². The first-order chi connectivity index (χ1) is 13.3. The van der Waals surface area contributed by atoms with Crippen LogP contribution in [0.5, 0.6) is 0 Å². The average Bonchev–Trinajstić information content (AvgIpc) is 3.15. The Kier molecular flexibility index (Phi) is 5.81. The molecule has 1 aromatic carbocycles. The number of carbonyl (C=O) groups is 1. The second-order valence-electron chi connectivity index (χ2n) is 7.49. The predicted octanol–water partition coefficient (Wildman–Crippen LogP) is 4.42. The van der Waals surface area contributed by atoms with E-state index in [2.05, 4.69) is 39.9 Å². The Hall–Kier alpha value is -1.82. The third-order valence-corrected chi connectivity index (χ3v) is 6.72. The van der Waals surface area contributed by atoms with Crippen LogP contribution in [0.4, 0.5) is 5.69 Å². The molecule has 0 unspecified atom stereocenters. The highest BCUT2D eigenvalue weighted by atomic mass is 32.2. The van der Waals surface area contributed by atoms with Crippen LogP contribution in [0, 0.1) is 0 Å². The van der Waals surface area contributed by atoms with Crippen molar-refractivity contribution in [1.82, 2.24) is 14.8 Å². The lowest BCUT2D eigenvalue weighted by molar-refractivity contribution is -0.116. The molecule has 1 fully saturated rings. The summed E-state index contributed by atoms with van der Waals surface area (Å²) in [7, 11) is 0. The number of benzene rings is 1.